The minimum Gasteiger partial charge on any atom is -0.497 e. The van der Waals surface area contributed by atoms with Crippen LogP contribution in [0.4, 0.5) is 17.1 Å². The summed E-state index contributed by atoms with van der Waals surface area (Å²) >= 11 is 0. The highest BCUT2D eigenvalue weighted by Crippen LogP contribution is 2.32. The maximum Gasteiger partial charge on any atom is 0.251 e. The van der Waals surface area contributed by atoms with Crippen molar-refractivity contribution in [1.82, 2.24) is 0 Å². The van der Waals surface area contributed by atoms with Gasteiger partial charge in [0.25, 0.3) is 5.91 Å². The zero-order valence-corrected chi connectivity index (χ0v) is 13.0. The molecule has 3 rings (SSSR count). The van der Waals surface area contributed by atoms with Crippen LogP contribution in [-0.4, -0.2) is 26.1 Å². The highest BCUT2D eigenvalue weighted by Gasteiger charge is 2.21. The lowest BCUT2D eigenvalue weighted by Crippen LogP contribution is -2.37. The number of hydrogen-bond donors (Lipinski definition) is 2. The number of nitrogens with two attached hydrogens (primary N) is 1. The van der Waals surface area contributed by atoms with Crippen LogP contribution in [0, 0.1) is 0 Å². The van der Waals surface area contributed by atoms with Gasteiger partial charge in [-0.3, -0.25) is 4.79 Å². The first-order valence-corrected chi connectivity index (χ1v) is 7.44. The fourth-order valence-corrected chi connectivity index (χ4v) is 2.53. The van der Waals surface area contributed by atoms with Gasteiger partial charge >= 0.3 is 0 Å². The molecular weight excluding hydrogens is 290 g/mol. The summed E-state index contributed by atoms with van der Waals surface area (Å²) in [6.45, 7) is 1.34. The smallest absolute Gasteiger partial charge is 0.251 e. The van der Waals surface area contributed by atoms with E-state index in [0.29, 0.717) is 12.2 Å². The van der Waals surface area contributed by atoms with E-state index in [2.05, 4.69) is 5.32 Å². The molecule has 0 fully saturated rings. The molecule has 1 aliphatic heterocycles. The predicted molar refractivity (Wildman–Crippen MR) is 93.7 cm³/mol. The Morgan fingerprint density at radius 3 is 2.78 bits per heavy atom. The lowest BCUT2D eigenvalue weighted by Gasteiger charge is -2.29. The molecule has 0 atom stereocenters. The molecule has 0 spiro atoms. The molecule has 1 heterocycles. The predicted octanol–water partition coefficient (Wildman–Crippen LogP) is 2.75. The lowest BCUT2D eigenvalue weighted by molar-refractivity contribution is -0.114. The van der Waals surface area contributed by atoms with E-state index in [-0.39, 0.29) is 5.91 Å². The number of methoxy groups -OCH3 is 1. The van der Waals surface area contributed by atoms with E-state index >= 15 is 0 Å². The van der Waals surface area contributed by atoms with Crippen molar-refractivity contribution in [3.8, 4) is 5.75 Å². The Kier molecular flexibility index (Phi) is 4.19. The number of carbonyl (C=O) groups excluding carboxylic acids is 1. The molecule has 5 heteroatoms. The van der Waals surface area contributed by atoms with Crippen molar-refractivity contribution >= 4 is 29.0 Å². The van der Waals surface area contributed by atoms with Crippen molar-refractivity contribution in [2.24, 2.45) is 0 Å². The van der Waals surface area contributed by atoms with E-state index in [9.17, 15) is 4.79 Å². The standard InChI is InChI=1S/C18H19N3O2/c1-23-15-7-8-16-17(12-15)21(11-10-20-16)18(22)9-4-13-2-5-14(19)6-3-13/h2-9,12,20H,10-11,19H2,1H3. The number of anilines is 3. The number of nitrogens with one attached hydrogen (secondary N) is 1. The summed E-state index contributed by atoms with van der Waals surface area (Å²) in [6, 6.07) is 13.1. The number of hydrogen-bond acceptors (Lipinski definition) is 4. The van der Waals surface area contributed by atoms with Crippen LogP contribution in [0.2, 0.25) is 0 Å². The van der Waals surface area contributed by atoms with Crippen LogP contribution in [0.25, 0.3) is 6.08 Å². The van der Waals surface area contributed by atoms with Gasteiger partial charge in [-0.2, -0.15) is 0 Å². The van der Waals surface area contributed by atoms with Crippen LogP contribution in [0.5, 0.6) is 5.75 Å². The number of nitrogen functional groups attached to an aromatic ring is 1. The van der Waals surface area contributed by atoms with Gasteiger partial charge < -0.3 is 20.7 Å². The fourth-order valence-electron chi connectivity index (χ4n) is 2.53. The number of ether oxygens (including phenoxy) is 1. The van der Waals surface area contributed by atoms with E-state index in [0.717, 1.165) is 29.2 Å². The van der Waals surface area contributed by atoms with Crippen molar-refractivity contribution < 1.29 is 9.53 Å². The molecule has 2 aromatic rings. The summed E-state index contributed by atoms with van der Waals surface area (Å²) in [5.74, 6) is 0.672. The van der Waals surface area contributed by atoms with Gasteiger partial charge in [0.15, 0.2) is 0 Å². The first-order valence-electron chi connectivity index (χ1n) is 7.44. The average molecular weight is 309 g/mol. The van der Waals surface area contributed by atoms with Crippen LogP contribution >= 0.6 is 0 Å². The van der Waals surface area contributed by atoms with Crippen molar-refractivity contribution in [3.05, 3.63) is 54.1 Å². The van der Waals surface area contributed by atoms with Gasteiger partial charge in [-0.05, 0) is 35.9 Å². The van der Waals surface area contributed by atoms with Crippen LogP contribution in [-0.2, 0) is 4.79 Å². The number of fused-ring (bicyclic) bond motifs is 1. The molecule has 0 unspecified atom stereocenters. The second-order valence-electron chi connectivity index (χ2n) is 5.30. The van der Waals surface area contributed by atoms with Crippen LogP contribution in [0.15, 0.2) is 48.5 Å². The SMILES string of the molecule is COc1ccc2c(c1)N(C(=O)C=Cc1ccc(N)cc1)CCN2. The number of amides is 1. The molecule has 0 saturated carbocycles. The van der Waals surface area contributed by atoms with E-state index in [4.69, 9.17) is 10.5 Å². The highest BCUT2D eigenvalue weighted by atomic mass is 16.5. The lowest BCUT2D eigenvalue weighted by atomic mass is 10.1. The Bertz CT molecular complexity index is 738. The molecule has 0 aromatic heterocycles. The minimum atomic E-state index is -0.0576. The van der Waals surface area contributed by atoms with Crippen molar-refractivity contribution in [3.63, 3.8) is 0 Å². The van der Waals surface area contributed by atoms with Gasteiger partial charge in [-0.25, -0.2) is 0 Å². The number of carbonyl (C=O) groups is 1. The van der Waals surface area contributed by atoms with Gasteiger partial charge in [-0.15, -0.1) is 0 Å². The quantitative estimate of drug-likeness (QED) is 0.676. The normalized spacial score (nSPS) is 13.5. The van der Waals surface area contributed by atoms with Gasteiger partial charge in [0.1, 0.15) is 5.75 Å². The summed E-state index contributed by atoms with van der Waals surface area (Å²) in [7, 11) is 1.62. The zero-order chi connectivity index (χ0) is 16.2. The van der Waals surface area contributed by atoms with Gasteiger partial charge in [0.2, 0.25) is 0 Å². The van der Waals surface area contributed by atoms with Crippen molar-refractivity contribution in [2.45, 2.75) is 0 Å². The molecule has 2 aromatic carbocycles. The Labute approximate surface area is 135 Å². The Balaban J connectivity index is 1.82. The fraction of sp³-hybridized carbons (Fsp3) is 0.167. The molecule has 0 aliphatic carbocycles. The highest BCUT2D eigenvalue weighted by molar-refractivity contribution is 6.06. The third kappa shape index (κ3) is 3.29. The van der Waals surface area contributed by atoms with E-state index in [1.807, 2.05) is 42.5 Å². The summed E-state index contributed by atoms with van der Waals surface area (Å²) in [5, 5.41) is 3.29. The van der Waals surface area contributed by atoms with Gasteiger partial charge in [0.05, 0.1) is 18.5 Å². The largest absolute Gasteiger partial charge is 0.497 e. The van der Waals surface area contributed by atoms with Crippen molar-refractivity contribution in [1.29, 1.82) is 0 Å². The maximum absolute atomic E-state index is 12.5. The maximum atomic E-state index is 12.5. The summed E-state index contributed by atoms with van der Waals surface area (Å²) < 4.78 is 5.25. The average Bonchev–Trinajstić information content (AvgIpc) is 2.60. The second-order valence-corrected chi connectivity index (χ2v) is 5.30. The Morgan fingerprint density at radius 1 is 1.26 bits per heavy atom. The molecule has 5 nitrogen and oxygen atoms in total. The third-order valence-corrected chi connectivity index (χ3v) is 3.77. The number of nitrogens with zero attached hydrogens (tertiary/aromatic N) is 1. The summed E-state index contributed by atoms with van der Waals surface area (Å²) in [4.78, 5) is 14.3. The molecule has 23 heavy (non-hydrogen) atoms. The second kappa shape index (κ2) is 6.44. The molecular formula is C18H19N3O2. The first-order chi connectivity index (χ1) is 11.2. The summed E-state index contributed by atoms with van der Waals surface area (Å²) in [5.41, 5.74) is 9.08. The minimum absolute atomic E-state index is 0.0576. The van der Waals surface area contributed by atoms with Crippen molar-refractivity contribution in [2.75, 3.05) is 36.1 Å². The monoisotopic (exact) mass is 309 g/mol. The van der Waals surface area contributed by atoms with Crippen LogP contribution in [0.3, 0.4) is 0 Å². The van der Waals surface area contributed by atoms with Gasteiger partial charge in [-0.1, -0.05) is 12.1 Å². The topological polar surface area (TPSA) is 67.6 Å². The number of benzene rings is 2. The number of rotatable bonds is 3. The molecule has 3 N–H and O–H groups in total. The molecule has 0 radical (unpaired) electrons. The first kappa shape index (κ1) is 15.0. The van der Waals surface area contributed by atoms with Crippen LogP contribution in [0.1, 0.15) is 5.56 Å². The van der Waals surface area contributed by atoms with E-state index in [1.165, 1.54) is 0 Å². The zero-order valence-electron chi connectivity index (χ0n) is 13.0. The van der Waals surface area contributed by atoms with E-state index < -0.39 is 0 Å². The van der Waals surface area contributed by atoms with Gasteiger partial charge in [0, 0.05) is 30.9 Å². The molecule has 118 valence electrons. The molecule has 0 saturated heterocycles. The Hall–Kier alpha value is -2.95. The molecule has 0 bridgehead atoms. The summed E-state index contributed by atoms with van der Waals surface area (Å²) in [6.07, 6.45) is 3.38. The molecule has 1 aliphatic rings. The van der Waals surface area contributed by atoms with Crippen LogP contribution < -0.4 is 20.7 Å². The third-order valence-electron chi connectivity index (χ3n) is 3.77. The molecule has 1 amide bonds. The Morgan fingerprint density at radius 2 is 2.04 bits per heavy atom. The van der Waals surface area contributed by atoms with E-state index in [1.54, 1.807) is 24.2 Å².